The Bertz CT molecular complexity index is 251. The van der Waals surface area contributed by atoms with Crippen LogP contribution in [0.3, 0.4) is 0 Å². The molecule has 0 bridgehead atoms. The quantitative estimate of drug-likeness (QED) is 0.621. The van der Waals surface area contributed by atoms with Gasteiger partial charge in [-0.05, 0) is 11.8 Å². The van der Waals surface area contributed by atoms with Gasteiger partial charge in [0.25, 0.3) is 0 Å². The molecule has 0 saturated carbocycles. The molecule has 12 heavy (non-hydrogen) atoms. The van der Waals surface area contributed by atoms with E-state index >= 15 is 0 Å². The van der Waals surface area contributed by atoms with E-state index in [9.17, 15) is 8.42 Å². The van der Waals surface area contributed by atoms with Gasteiger partial charge in [0.15, 0.2) is 0 Å². The summed E-state index contributed by atoms with van der Waals surface area (Å²) >= 11 is 0. The van der Waals surface area contributed by atoms with Crippen molar-refractivity contribution in [1.29, 1.82) is 0 Å². The maximum Gasteiger partial charge on any atom is 0.214 e. The molecule has 0 radical (unpaired) electrons. The van der Waals surface area contributed by atoms with Crippen LogP contribution >= 0.6 is 0 Å². The van der Waals surface area contributed by atoms with Gasteiger partial charge in [-0.2, -0.15) is 0 Å². The molecule has 72 valence electrons. The molecule has 1 aliphatic heterocycles. The lowest BCUT2D eigenvalue weighted by Crippen LogP contribution is -2.33. The minimum Gasteiger partial charge on any atom is -0.212 e. The van der Waals surface area contributed by atoms with Crippen LogP contribution in [-0.2, 0) is 10.0 Å². The Labute approximate surface area is 74.8 Å². The molecule has 0 aromatic carbocycles. The summed E-state index contributed by atoms with van der Waals surface area (Å²) in [6, 6.07) is 0. The van der Waals surface area contributed by atoms with Crippen molar-refractivity contribution in [3.8, 4) is 0 Å². The van der Waals surface area contributed by atoms with E-state index in [0.717, 1.165) is 6.42 Å². The first-order valence-electron chi connectivity index (χ1n) is 4.29. The van der Waals surface area contributed by atoms with Gasteiger partial charge in [-0.1, -0.05) is 20.8 Å². The monoisotopic (exact) mass is 191 g/mol. The minimum atomic E-state index is -2.89. The van der Waals surface area contributed by atoms with E-state index in [4.69, 9.17) is 0 Å². The molecule has 4 heteroatoms. The van der Waals surface area contributed by atoms with Crippen molar-refractivity contribution in [2.75, 3.05) is 18.8 Å². The highest BCUT2D eigenvalue weighted by Crippen LogP contribution is 2.21. The van der Waals surface area contributed by atoms with Crippen molar-refractivity contribution < 1.29 is 8.42 Å². The van der Waals surface area contributed by atoms with Crippen LogP contribution in [0.1, 0.15) is 27.2 Å². The highest BCUT2D eigenvalue weighted by atomic mass is 32.2. The molecular formula is C8H17NO2S. The van der Waals surface area contributed by atoms with E-state index < -0.39 is 10.0 Å². The summed E-state index contributed by atoms with van der Waals surface area (Å²) in [5.74, 6) is 0.336. The van der Waals surface area contributed by atoms with Gasteiger partial charge in [-0.3, -0.25) is 0 Å². The number of hydrogen-bond donors (Lipinski definition) is 0. The van der Waals surface area contributed by atoms with Gasteiger partial charge in [0, 0.05) is 13.1 Å². The van der Waals surface area contributed by atoms with Crippen LogP contribution < -0.4 is 0 Å². The van der Waals surface area contributed by atoms with Crippen LogP contribution in [0.5, 0.6) is 0 Å². The van der Waals surface area contributed by atoms with Gasteiger partial charge >= 0.3 is 0 Å². The van der Waals surface area contributed by atoms with Gasteiger partial charge in [-0.25, -0.2) is 12.7 Å². The molecule has 0 aromatic rings. The molecule has 1 fully saturated rings. The van der Waals surface area contributed by atoms with Crippen LogP contribution in [0, 0.1) is 5.41 Å². The first-order valence-corrected chi connectivity index (χ1v) is 5.90. The van der Waals surface area contributed by atoms with Crippen LogP contribution in [0.25, 0.3) is 0 Å². The smallest absolute Gasteiger partial charge is 0.212 e. The van der Waals surface area contributed by atoms with Crippen molar-refractivity contribution in [3.63, 3.8) is 0 Å². The van der Waals surface area contributed by atoms with Crippen LogP contribution in [0.15, 0.2) is 0 Å². The first kappa shape index (κ1) is 9.99. The van der Waals surface area contributed by atoms with E-state index in [-0.39, 0.29) is 5.41 Å². The summed E-state index contributed by atoms with van der Waals surface area (Å²) < 4.78 is 24.3. The standard InChI is InChI=1S/C8H17NO2S/c1-8(2,3)7-9-5-4-6-12(9,10)11/h4-7H2,1-3H3. The third kappa shape index (κ3) is 2.45. The van der Waals surface area contributed by atoms with E-state index in [2.05, 4.69) is 20.8 Å². The van der Waals surface area contributed by atoms with Gasteiger partial charge in [0.1, 0.15) is 0 Å². The maximum absolute atomic E-state index is 11.4. The number of sulfonamides is 1. The summed E-state index contributed by atoms with van der Waals surface area (Å²) in [5, 5.41) is 0. The van der Waals surface area contributed by atoms with Crippen LogP contribution in [-0.4, -0.2) is 31.6 Å². The lowest BCUT2D eigenvalue weighted by Gasteiger charge is -2.24. The fraction of sp³-hybridized carbons (Fsp3) is 1.00. The number of hydrogen-bond acceptors (Lipinski definition) is 2. The second kappa shape index (κ2) is 3.00. The topological polar surface area (TPSA) is 37.4 Å². The molecule has 1 rings (SSSR count). The molecule has 0 N–H and O–H groups in total. The summed E-state index contributed by atoms with van der Waals surface area (Å²) in [5.41, 5.74) is 0.0669. The first-order chi connectivity index (χ1) is 5.31. The Kier molecular flexibility index (Phi) is 2.50. The summed E-state index contributed by atoms with van der Waals surface area (Å²) in [4.78, 5) is 0. The molecule has 1 aliphatic rings. The third-order valence-corrected chi connectivity index (χ3v) is 3.76. The highest BCUT2D eigenvalue weighted by molar-refractivity contribution is 7.89. The van der Waals surface area contributed by atoms with Crippen molar-refractivity contribution in [3.05, 3.63) is 0 Å². The van der Waals surface area contributed by atoms with Crippen molar-refractivity contribution in [1.82, 2.24) is 4.31 Å². The summed E-state index contributed by atoms with van der Waals surface area (Å²) in [7, 11) is -2.89. The van der Waals surface area contributed by atoms with E-state index in [1.807, 2.05) is 0 Å². The normalized spacial score (nSPS) is 24.6. The SMILES string of the molecule is CC(C)(C)CN1CCCS1(=O)=O. The van der Waals surface area contributed by atoms with Crippen LogP contribution in [0.4, 0.5) is 0 Å². The van der Waals surface area contributed by atoms with E-state index in [0.29, 0.717) is 18.8 Å². The summed E-state index contributed by atoms with van der Waals surface area (Å²) in [6.45, 7) is 7.53. The predicted molar refractivity (Wildman–Crippen MR) is 49.4 cm³/mol. The molecule has 3 nitrogen and oxygen atoms in total. The second-order valence-corrected chi connectivity index (χ2v) is 6.65. The zero-order valence-corrected chi connectivity index (χ0v) is 8.82. The lowest BCUT2D eigenvalue weighted by molar-refractivity contribution is 0.295. The molecule has 0 aromatic heterocycles. The lowest BCUT2D eigenvalue weighted by atomic mass is 9.97. The number of rotatable bonds is 1. The Morgan fingerprint density at radius 2 is 1.92 bits per heavy atom. The molecule has 0 atom stereocenters. The molecule has 0 aliphatic carbocycles. The molecule has 0 amide bonds. The number of nitrogens with zero attached hydrogens (tertiary/aromatic N) is 1. The molecule has 0 spiro atoms. The van der Waals surface area contributed by atoms with Crippen molar-refractivity contribution >= 4 is 10.0 Å². The fourth-order valence-corrected chi connectivity index (χ4v) is 3.14. The molecule has 1 saturated heterocycles. The predicted octanol–water partition coefficient (Wildman–Crippen LogP) is 1.07. The summed E-state index contributed by atoms with van der Waals surface area (Å²) in [6.07, 6.45) is 0.790. The van der Waals surface area contributed by atoms with Crippen molar-refractivity contribution in [2.24, 2.45) is 5.41 Å². The second-order valence-electron chi connectivity index (χ2n) is 4.56. The van der Waals surface area contributed by atoms with Gasteiger partial charge in [0.2, 0.25) is 10.0 Å². The average Bonchev–Trinajstić information content (AvgIpc) is 2.07. The van der Waals surface area contributed by atoms with E-state index in [1.165, 1.54) is 0 Å². The van der Waals surface area contributed by atoms with Crippen molar-refractivity contribution in [2.45, 2.75) is 27.2 Å². The fourth-order valence-electron chi connectivity index (χ4n) is 1.40. The molecule has 1 heterocycles. The third-order valence-electron chi connectivity index (χ3n) is 1.85. The van der Waals surface area contributed by atoms with Gasteiger partial charge < -0.3 is 0 Å². The van der Waals surface area contributed by atoms with Gasteiger partial charge in [-0.15, -0.1) is 0 Å². The van der Waals surface area contributed by atoms with Crippen LogP contribution in [0.2, 0.25) is 0 Å². The maximum atomic E-state index is 11.4. The van der Waals surface area contributed by atoms with E-state index in [1.54, 1.807) is 4.31 Å². The Balaban J connectivity index is 2.66. The highest BCUT2D eigenvalue weighted by Gasteiger charge is 2.30. The minimum absolute atomic E-state index is 0.0669. The average molecular weight is 191 g/mol. The Morgan fingerprint density at radius 1 is 1.33 bits per heavy atom. The zero-order chi connectivity index (χ0) is 9.41. The Morgan fingerprint density at radius 3 is 2.25 bits per heavy atom. The zero-order valence-electron chi connectivity index (χ0n) is 8.00. The largest absolute Gasteiger partial charge is 0.214 e. The molecular weight excluding hydrogens is 174 g/mol. The van der Waals surface area contributed by atoms with Gasteiger partial charge in [0.05, 0.1) is 5.75 Å². The Hall–Kier alpha value is -0.0900. The molecule has 0 unspecified atom stereocenters.